The highest BCUT2D eigenvalue weighted by Gasteiger charge is 2.18. The van der Waals surface area contributed by atoms with E-state index in [0.717, 1.165) is 0 Å². The molecule has 7 nitrogen and oxygen atoms in total. The summed E-state index contributed by atoms with van der Waals surface area (Å²) in [4.78, 5) is 16.1. The highest BCUT2D eigenvalue weighted by atomic mass is 32.2. The van der Waals surface area contributed by atoms with E-state index in [0.29, 0.717) is 22.5 Å². The first-order valence-corrected chi connectivity index (χ1v) is 9.16. The number of sulfonamides is 1. The van der Waals surface area contributed by atoms with E-state index in [2.05, 4.69) is 14.7 Å². The molecule has 1 N–H and O–H groups in total. The Balaban J connectivity index is 1.72. The van der Waals surface area contributed by atoms with E-state index >= 15 is 0 Å². The van der Waals surface area contributed by atoms with Gasteiger partial charge in [0.25, 0.3) is 5.91 Å². The summed E-state index contributed by atoms with van der Waals surface area (Å²) < 4.78 is 44.2. The zero-order valence-electron chi connectivity index (χ0n) is 13.6. The lowest BCUT2D eigenvalue weighted by molar-refractivity contribution is 0.0981. The maximum atomic E-state index is 13.1. The Hall–Kier alpha value is -3.07. The third-order valence-electron chi connectivity index (χ3n) is 3.66. The van der Waals surface area contributed by atoms with E-state index in [9.17, 15) is 17.6 Å². The minimum absolute atomic E-state index is 0.164. The first kappa shape index (κ1) is 17.7. The van der Waals surface area contributed by atoms with Crippen molar-refractivity contribution >= 4 is 15.9 Å². The average molecular weight is 375 g/mol. The molecule has 0 saturated carbocycles. The van der Waals surface area contributed by atoms with Crippen LogP contribution in [-0.4, -0.2) is 24.5 Å². The van der Waals surface area contributed by atoms with Gasteiger partial charge < -0.3 is 4.52 Å². The number of nitrogens with one attached hydrogen (secondary N) is 1. The summed E-state index contributed by atoms with van der Waals surface area (Å²) in [5.41, 5.74) is 1.70. The van der Waals surface area contributed by atoms with Crippen LogP contribution in [0.3, 0.4) is 0 Å². The molecule has 3 aromatic rings. The Kier molecular flexibility index (Phi) is 4.81. The van der Waals surface area contributed by atoms with Crippen molar-refractivity contribution in [1.82, 2.24) is 14.9 Å². The van der Waals surface area contributed by atoms with Gasteiger partial charge in [-0.2, -0.15) is 4.98 Å². The normalized spacial score (nSPS) is 11.3. The number of benzene rings is 2. The number of aryl methyl sites for hydroxylation is 1. The van der Waals surface area contributed by atoms with Crippen LogP contribution in [0.15, 0.2) is 53.4 Å². The Bertz CT molecular complexity index is 1030. The standard InChI is InChI=1S/C17H14FN3O4S/c1-11-8-15(18)7-6-14(11)9-26(23,24)21-17(22)13-4-2-12(3-5-13)16-19-10-25-20-16/h2-8,10H,9H2,1H3,(H,21,22). The molecule has 0 aliphatic heterocycles. The van der Waals surface area contributed by atoms with Crippen LogP contribution in [0.4, 0.5) is 4.39 Å². The Labute approximate surface area is 148 Å². The number of rotatable bonds is 5. The van der Waals surface area contributed by atoms with E-state index in [-0.39, 0.29) is 5.56 Å². The summed E-state index contributed by atoms with van der Waals surface area (Å²) in [7, 11) is -3.93. The van der Waals surface area contributed by atoms with Crippen molar-refractivity contribution in [3.05, 3.63) is 71.4 Å². The molecule has 0 spiro atoms. The SMILES string of the molecule is Cc1cc(F)ccc1CS(=O)(=O)NC(=O)c1ccc(-c2ncon2)cc1. The molecule has 0 fully saturated rings. The number of carbonyl (C=O) groups excluding carboxylic acids is 1. The molecule has 1 amide bonds. The predicted molar refractivity (Wildman–Crippen MR) is 91.0 cm³/mol. The molecule has 1 heterocycles. The van der Waals surface area contributed by atoms with Gasteiger partial charge in [0.1, 0.15) is 5.82 Å². The van der Waals surface area contributed by atoms with Gasteiger partial charge in [-0.05, 0) is 42.3 Å². The predicted octanol–water partition coefficient (Wildman–Crippen LogP) is 2.44. The van der Waals surface area contributed by atoms with Gasteiger partial charge in [0.15, 0.2) is 0 Å². The number of amides is 1. The maximum Gasteiger partial charge on any atom is 0.264 e. The largest absolute Gasteiger partial charge is 0.342 e. The monoisotopic (exact) mass is 375 g/mol. The van der Waals surface area contributed by atoms with Gasteiger partial charge in [0.05, 0.1) is 5.75 Å². The van der Waals surface area contributed by atoms with Crippen LogP contribution in [0.25, 0.3) is 11.4 Å². The number of nitrogens with zero attached hydrogens (tertiary/aromatic N) is 2. The topological polar surface area (TPSA) is 102 Å². The fourth-order valence-corrected chi connectivity index (χ4v) is 3.54. The zero-order valence-corrected chi connectivity index (χ0v) is 14.5. The van der Waals surface area contributed by atoms with Crippen molar-refractivity contribution in [2.75, 3.05) is 0 Å². The number of hydrogen-bond donors (Lipinski definition) is 1. The second kappa shape index (κ2) is 7.04. The Morgan fingerprint density at radius 3 is 2.54 bits per heavy atom. The van der Waals surface area contributed by atoms with Gasteiger partial charge in [0, 0.05) is 11.1 Å². The average Bonchev–Trinajstić information content (AvgIpc) is 3.12. The van der Waals surface area contributed by atoms with Crippen molar-refractivity contribution in [1.29, 1.82) is 0 Å². The molecule has 134 valence electrons. The molecule has 26 heavy (non-hydrogen) atoms. The molecule has 0 unspecified atom stereocenters. The summed E-state index contributed by atoms with van der Waals surface area (Å²) in [6.45, 7) is 1.60. The summed E-state index contributed by atoms with van der Waals surface area (Å²) in [5, 5.41) is 3.67. The van der Waals surface area contributed by atoms with Crippen LogP contribution in [0.2, 0.25) is 0 Å². The van der Waals surface area contributed by atoms with Crippen LogP contribution in [0, 0.1) is 12.7 Å². The van der Waals surface area contributed by atoms with Crippen molar-refractivity contribution in [3.63, 3.8) is 0 Å². The second-order valence-corrected chi connectivity index (χ2v) is 7.32. The Morgan fingerprint density at radius 1 is 1.19 bits per heavy atom. The molecule has 3 rings (SSSR count). The second-order valence-electron chi connectivity index (χ2n) is 5.59. The van der Waals surface area contributed by atoms with E-state index in [1.807, 2.05) is 4.72 Å². The molecule has 0 radical (unpaired) electrons. The third-order valence-corrected chi connectivity index (χ3v) is 4.85. The molecule has 9 heteroatoms. The zero-order chi connectivity index (χ0) is 18.7. The fraction of sp³-hybridized carbons (Fsp3) is 0.118. The van der Waals surface area contributed by atoms with Crippen LogP contribution in [0.5, 0.6) is 0 Å². The molecule has 0 aliphatic carbocycles. The maximum absolute atomic E-state index is 13.1. The molecule has 0 bridgehead atoms. The molecule has 1 aromatic heterocycles. The lowest BCUT2D eigenvalue weighted by Crippen LogP contribution is -2.31. The summed E-state index contributed by atoms with van der Waals surface area (Å²) in [6, 6.07) is 9.88. The Morgan fingerprint density at radius 2 is 1.92 bits per heavy atom. The van der Waals surface area contributed by atoms with Crippen molar-refractivity contribution in [2.45, 2.75) is 12.7 Å². The minimum atomic E-state index is -3.93. The lowest BCUT2D eigenvalue weighted by atomic mass is 10.1. The summed E-state index contributed by atoms with van der Waals surface area (Å²) in [5.74, 6) is -1.28. The molecular weight excluding hydrogens is 361 g/mol. The number of carbonyl (C=O) groups is 1. The highest BCUT2D eigenvalue weighted by molar-refractivity contribution is 7.89. The van der Waals surface area contributed by atoms with Gasteiger partial charge in [-0.25, -0.2) is 17.5 Å². The van der Waals surface area contributed by atoms with Crippen molar-refractivity contribution in [3.8, 4) is 11.4 Å². The number of aromatic nitrogens is 2. The molecule has 0 aliphatic rings. The summed E-state index contributed by atoms with van der Waals surface area (Å²) in [6.07, 6.45) is 1.18. The van der Waals surface area contributed by atoms with Crippen LogP contribution < -0.4 is 4.72 Å². The molecule has 2 aromatic carbocycles. The molecular formula is C17H14FN3O4S. The molecule has 0 saturated heterocycles. The van der Waals surface area contributed by atoms with Gasteiger partial charge in [-0.3, -0.25) is 4.79 Å². The highest BCUT2D eigenvalue weighted by Crippen LogP contribution is 2.16. The first-order chi connectivity index (χ1) is 12.3. The van der Waals surface area contributed by atoms with E-state index in [1.165, 1.54) is 36.7 Å². The van der Waals surface area contributed by atoms with Crippen LogP contribution in [0.1, 0.15) is 21.5 Å². The quantitative estimate of drug-likeness (QED) is 0.735. The van der Waals surface area contributed by atoms with E-state index in [1.54, 1.807) is 19.1 Å². The third kappa shape index (κ3) is 4.12. The van der Waals surface area contributed by atoms with Gasteiger partial charge in [0.2, 0.25) is 22.2 Å². The molecule has 0 atom stereocenters. The van der Waals surface area contributed by atoms with Crippen molar-refractivity contribution in [2.24, 2.45) is 0 Å². The number of halogens is 1. The summed E-state index contributed by atoms with van der Waals surface area (Å²) >= 11 is 0. The van der Waals surface area contributed by atoms with Gasteiger partial charge in [-0.15, -0.1) is 0 Å². The number of hydrogen-bond acceptors (Lipinski definition) is 6. The van der Waals surface area contributed by atoms with E-state index in [4.69, 9.17) is 0 Å². The minimum Gasteiger partial charge on any atom is -0.342 e. The van der Waals surface area contributed by atoms with Crippen LogP contribution >= 0.6 is 0 Å². The first-order valence-electron chi connectivity index (χ1n) is 7.51. The van der Waals surface area contributed by atoms with Crippen molar-refractivity contribution < 1.29 is 22.1 Å². The van der Waals surface area contributed by atoms with E-state index < -0.39 is 27.5 Å². The van der Waals surface area contributed by atoms with Gasteiger partial charge in [-0.1, -0.05) is 23.4 Å². The smallest absolute Gasteiger partial charge is 0.264 e. The fourth-order valence-electron chi connectivity index (χ4n) is 2.33. The lowest BCUT2D eigenvalue weighted by Gasteiger charge is -2.09. The van der Waals surface area contributed by atoms with Gasteiger partial charge >= 0.3 is 0 Å². The van der Waals surface area contributed by atoms with Crippen LogP contribution in [-0.2, 0) is 15.8 Å².